The maximum Gasteiger partial charge on any atom is 0.225 e. The van der Waals surface area contributed by atoms with Gasteiger partial charge in [-0.25, -0.2) is 4.98 Å². The molecule has 0 aliphatic heterocycles. The van der Waals surface area contributed by atoms with Gasteiger partial charge in [-0.3, -0.25) is 14.6 Å². The fraction of sp³-hybridized carbons (Fsp3) is 0.412. The highest BCUT2D eigenvalue weighted by molar-refractivity contribution is 6.00. The molecule has 0 aliphatic rings. The second kappa shape index (κ2) is 6.07. The maximum atomic E-state index is 12.3. The highest BCUT2D eigenvalue weighted by Gasteiger charge is 2.15. The van der Waals surface area contributed by atoms with Crippen molar-refractivity contribution in [2.75, 3.05) is 5.32 Å². The lowest BCUT2D eigenvalue weighted by Crippen LogP contribution is -2.13. The molecule has 0 spiro atoms. The molecule has 3 heterocycles. The third-order valence-corrected chi connectivity index (χ3v) is 4.37. The van der Waals surface area contributed by atoms with E-state index in [0.717, 1.165) is 33.6 Å². The van der Waals surface area contributed by atoms with Crippen molar-refractivity contribution in [3.8, 4) is 0 Å². The van der Waals surface area contributed by atoms with Crippen molar-refractivity contribution < 1.29 is 4.79 Å². The first-order valence-electron chi connectivity index (χ1n) is 7.98. The zero-order chi connectivity index (χ0) is 17.4. The topological polar surface area (TPSA) is 88.5 Å². The van der Waals surface area contributed by atoms with Crippen LogP contribution in [0.3, 0.4) is 0 Å². The smallest absolute Gasteiger partial charge is 0.225 e. The first kappa shape index (κ1) is 16.2. The van der Waals surface area contributed by atoms with E-state index in [1.54, 1.807) is 0 Å². The number of anilines is 1. The number of fused-ring (bicyclic) bond motifs is 1. The number of aromatic nitrogens is 5. The van der Waals surface area contributed by atoms with Crippen LogP contribution >= 0.6 is 0 Å². The molecule has 2 N–H and O–H groups in total. The minimum Gasteiger partial charge on any atom is -0.309 e. The van der Waals surface area contributed by atoms with E-state index < -0.39 is 0 Å². The Labute approximate surface area is 140 Å². The van der Waals surface area contributed by atoms with Crippen molar-refractivity contribution in [2.45, 2.75) is 40.5 Å². The van der Waals surface area contributed by atoms with Gasteiger partial charge in [0.1, 0.15) is 0 Å². The second-order valence-corrected chi connectivity index (χ2v) is 6.20. The number of aromatic amines is 1. The van der Waals surface area contributed by atoms with Crippen LogP contribution in [0.15, 0.2) is 6.07 Å². The van der Waals surface area contributed by atoms with E-state index in [1.807, 2.05) is 45.5 Å². The van der Waals surface area contributed by atoms with Crippen LogP contribution in [0.5, 0.6) is 0 Å². The van der Waals surface area contributed by atoms with E-state index >= 15 is 0 Å². The summed E-state index contributed by atoms with van der Waals surface area (Å²) >= 11 is 0. The van der Waals surface area contributed by atoms with Crippen LogP contribution in [0.1, 0.15) is 34.6 Å². The lowest BCUT2D eigenvalue weighted by Gasteiger charge is -2.05. The van der Waals surface area contributed by atoms with Gasteiger partial charge in [0.15, 0.2) is 11.5 Å². The summed E-state index contributed by atoms with van der Waals surface area (Å²) < 4.78 is 1.85. The first-order valence-corrected chi connectivity index (χ1v) is 7.98. The molecule has 0 atom stereocenters. The van der Waals surface area contributed by atoms with Crippen molar-refractivity contribution in [3.63, 3.8) is 0 Å². The van der Waals surface area contributed by atoms with Gasteiger partial charge >= 0.3 is 0 Å². The summed E-state index contributed by atoms with van der Waals surface area (Å²) in [7, 11) is 1.92. The summed E-state index contributed by atoms with van der Waals surface area (Å²) in [5.41, 5.74) is 5.86. The number of carbonyl (C=O) groups excluding carboxylic acids is 1. The van der Waals surface area contributed by atoms with E-state index in [9.17, 15) is 4.79 Å². The Morgan fingerprint density at radius 1 is 1.29 bits per heavy atom. The van der Waals surface area contributed by atoms with E-state index in [1.165, 1.54) is 0 Å². The number of hydrogen-bond acceptors (Lipinski definition) is 4. The van der Waals surface area contributed by atoms with Crippen LogP contribution in [-0.2, 0) is 18.3 Å². The molecule has 7 nitrogen and oxygen atoms in total. The van der Waals surface area contributed by atoms with Crippen molar-refractivity contribution in [1.82, 2.24) is 25.0 Å². The van der Waals surface area contributed by atoms with Gasteiger partial charge in [-0.05, 0) is 51.3 Å². The molecule has 3 aromatic heterocycles. The van der Waals surface area contributed by atoms with Crippen LogP contribution in [0.4, 0.5) is 5.82 Å². The van der Waals surface area contributed by atoms with Crippen molar-refractivity contribution in [3.05, 3.63) is 34.3 Å². The highest BCUT2D eigenvalue weighted by atomic mass is 16.1. The number of rotatable bonds is 4. The van der Waals surface area contributed by atoms with Crippen LogP contribution < -0.4 is 5.32 Å². The predicted octanol–water partition coefficient (Wildman–Crippen LogP) is 2.50. The summed E-state index contributed by atoms with van der Waals surface area (Å²) in [6.07, 6.45) is 1.05. The van der Waals surface area contributed by atoms with Crippen molar-refractivity contribution in [1.29, 1.82) is 0 Å². The minimum absolute atomic E-state index is 0.0639. The number of nitrogens with one attached hydrogen (secondary N) is 2. The van der Waals surface area contributed by atoms with Gasteiger partial charge in [-0.15, -0.1) is 0 Å². The average Bonchev–Trinajstić information content (AvgIpc) is 2.99. The van der Waals surface area contributed by atoms with Gasteiger partial charge in [0.2, 0.25) is 5.91 Å². The fourth-order valence-electron chi connectivity index (χ4n) is 3.08. The molecular formula is C17H22N6O. The summed E-state index contributed by atoms with van der Waals surface area (Å²) in [6, 6.07) is 1.98. The SMILES string of the molecule is Cc1cc(C)c2c(NC(=O)CCc3c(C)nn(C)c3C)n[nH]c2n1. The highest BCUT2D eigenvalue weighted by Crippen LogP contribution is 2.24. The lowest BCUT2D eigenvalue weighted by atomic mass is 10.1. The average molecular weight is 326 g/mol. The Kier molecular flexibility index (Phi) is 4.09. The Morgan fingerprint density at radius 3 is 2.71 bits per heavy atom. The van der Waals surface area contributed by atoms with Crippen LogP contribution in [-0.4, -0.2) is 30.9 Å². The Balaban J connectivity index is 1.74. The van der Waals surface area contributed by atoms with Crippen LogP contribution in [0, 0.1) is 27.7 Å². The second-order valence-electron chi connectivity index (χ2n) is 6.20. The Bertz CT molecular complexity index is 921. The molecule has 126 valence electrons. The molecule has 0 aliphatic carbocycles. The van der Waals surface area contributed by atoms with Gasteiger partial charge in [-0.2, -0.15) is 10.2 Å². The zero-order valence-electron chi connectivity index (χ0n) is 14.7. The molecule has 0 bridgehead atoms. The van der Waals surface area contributed by atoms with Gasteiger partial charge in [-0.1, -0.05) is 0 Å². The summed E-state index contributed by atoms with van der Waals surface area (Å²) in [5.74, 6) is 0.477. The molecule has 7 heteroatoms. The molecule has 0 unspecified atom stereocenters. The van der Waals surface area contributed by atoms with E-state index in [0.29, 0.717) is 24.3 Å². The molecule has 0 saturated carbocycles. The van der Waals surface area contributed by atoms with Crippen molar-refractivity contribution >= 4 is 22.8 Å². The van der Waals surface area contributed by atoms with Crippen molar-refractivity contribution in [2.24, 2.45) is 7.05 Å². The molecule has 3 aromatic rings. The Hall–Kier alpha value is -2.70. The van der Waals surface area contributed by atoms with Crippen LogP contribution in [0.25, 0.3) is 11.0 Å². The molecular weight excluding hydrogens is 304 g/mol. The number of nitrogens with zero attached hydrogens (tertiary/aromatic N) is 4. The lowest BCUT2D eigenvalue weighted by molar-refractivity contribution is -0.116. The van der Waals surface area contributed by atoms with Gasteiger partial charge in [0.05, 0.1) is 11.1 Å². The monoisotopic (exact) mass is 326 g/mol. The number of carbonyl (C=O) groups is 1. The summed E-state index contributed by atoms with van der Waals surface area (Å²) in [5, 5.41) is 15.2. The standard InChI is InChI=1S/C17H22N6O/c1-9-8-10(2)18-16-15(9)17(21-20-16)19-14(24)7-6-13-11(3)22-23(5)12(13)4/h8H,6-7H2,1-5H3,(H2,18,19,20,21,24). The summed E-state index contributed by atoms with van der Waals surface area (Å²) in [6.45, 7) is 7.92. The normalized spacial score (nSPS) is 11.2. The number of H-pyrrole nitrogens is 1. The van der Waals surface area contributed by atoms with Gasteiger partial charge in [0, 0.05) is 24.9 Å². The van der Waals surface area contributed by atoms with E-state index in [2.05, 4.69) is 25.6 Å². The van der Waals surface area contributed by atoms with E-state index in [4.69, 9.17) is 0 Å². The fourth-order valence-corrected chi connectivity index (χ4v) is 3.08. The summed E-state index contributed by atoms with van der Waals surface area (Å²) in [4.78, 5) is 16.7. The zero-order valence-corrected chi connectivity index (χ0v) is 14.7. The first-order chi connectivity index (χ1) is 11.4. The molecule has 0 radical (unpaired) electrons. The number of amides is 1. The third kappa shape index (κ3) is 2.89. The molecule has 0 saturated heterocycles. The molecule has 3 rings (SSSR count). The third-order valence-electron chi connectivity index (χ3n) is 4.37. The van der Waals surface area contributed by atoms with E-state index in [-0.39, 0.29) is 5.91 Å². The Morgan fingerprint density at radius 2 is 2.04 bits per heavy atom. The largest absolute Gasteiger partial charge is 0.309 e. The predicted molar refractivity (Wildman–Crippen MR) is 93.0 cm³/mol. The van der Waals surface area contributed by atoms with Gasteiger partial charge < -0.3 is 5.32 Å². The number of aryl methyl sites for hydroxylation is 4. The van der Waals surface area contributed by atoms with Crippen LogP contribution in [0.2, 0.25) is 0 Å². The molecule has 1 amide bonds. The quantitative estimate of drug-likeness (QED) is 0.771. The molecule has 24 heavy (non-hydrogen) atoms. The maximum absolute atomic E-state index is 12.3. The minimum atomic E-state index is -0.0639. The van der Waals surface area contributed by atoms with Gasteiger partial charge in [0.25, 0.3) is 0 Å². The number of hydrogen-bond donors (Lipinski definition) is 2. The molecule has 0 fully saturated rings. The number of pyridine rings is 1. The molecule has 0 aromatic carbocycles.